The van der Waals surface area contributed by atoms with Crippen molar-refractivity contribution in [3.8, 4) is 0 Å². The van der Waals surface area contributed by atoms with Gasteiger partial charge in [-0.25, -0.2) is 0 Å². The molecule has 1 saturated heterocycles. The van der Waals surface area contributed by atoms with E-state index in [-0.39, 0.29) is 0 Å². The Morgan fingerprint density at radius 3 is 3.06 bits per heavy atom. The first kappa shape index (κ1) is 12.6. The third-order valence-corrected chi connectivity index (χ3v) is 3.57. The first-order valence-electron chi connectivity index (χ1n) is 6.57. The highest BCUT2D eigenvalue weighted by atomic mass is 16.5. The van der Waals surface area contributed by atoms with Gasteiger partial charge in [0.05, 0.1) is 12.3 Å². The van der Waals surface area contributed by atoms with Crippen molar-refractivity contribution in [2.75, 3.05) is 13.2 Å². The molecule has 1 aromatic heterocycles. The maximum absolute atomic E-state index is 5.70. The monoisotopic (exact) mass is 237 g/mol. The van der Waals surface area contributed by atoms with Crippen LogP contribution in [0.25, 0.3) is 0 Å². The molecule has 1 fully saturated rings. The number of ether oxygens (including phenoxy) is 1. The number of aryl methyl sites for hydroxylation is 1. The molecular weight excluding hydrogens is 214 g/mol. The maximum atomic E-state index is 5.70. The van der Waals surface area contributed by atoms with Crippen LogP contribution in [0.1, 0.15) is 36.9 Å². The van der Waals surface area contributed by atoms with Gasteiger partial charge in [-0.15, -0.1) is 0 Å². The van der Waals surface area contributed by atoms with Crippen LogP contribution in [0.4, 0.5) is 0 Å². The van der Waals surface area contributed by atoms with Gasteiger partial charge >= 0.3 is 0 Å². The molecule has 0 spiro atoms. The Bertz CT molecular complexity index is 342. The second-order valence-electron chi connectivity index (χ2n) is 4.83. The smallest absolute Gasteiger partial charge is 0.0587 e. The molecule has 1 aromatic rings. The minimum absolute atomic E-state index is 0.478. The van der Waals surface area contributed by atoms with Gasteiger partial charge in [0.2, 0.25) is 0 Å². The molecule has 1 aliphatic rings. The number of hydrogen-bond donors (Lipinski definition) is 1. The molecule has 1 unspecified atom stereocenters. The molecule has 0 radical (unpaired) electrons. The Morgan fingerprint density at radius 1 is 1.53 bits per heavy atom. The van der Waals surface area contributed by atoms with E-state index in [1.165, 1.54) is 30.5 Å². The summed E-state index contributed by atoms with van der Waals surface area (Å²) in [5.41, 5.74) is 2.53. The number of nitrogens with zero attached hydrogens (tertiary/aromatic N) is 2. The van der Waals surface area contributed by atoms with Crippen LogP contribution in [0.2, 0.25) is 0 Å². The summed E-state index contributed by atoms with van der Waals surface area (Å²) in [6.45, 7) is 4.99. The van der Waals surface area contributed by atoms with E-state index in [0.717, 1.165) is 26.1 Å². The van der Waals surface area contributed by atoms with Gasteiger partial charge in [-0.3, -0.25) is 4.68 Å². The van der Waals surface area contributed by atoms with E-state index in [1.54, 1.807) is 0 Å². The van der Waals surface area contributed by atoms with Crippen molar-refractivity contribution in [2.24, 2.45) is 7.05 Å². The van der Waals surface area contributed by atoms with Crippen molar-refractivity contribution in [3.05, 3.63) is 17.5 Å². The lowest BCUT2D eigenvalue weighted by Crippen LogP contribution is -2.25. The summed E-state index contributed by atoms with van der Waals surface area (Å²) >= 11 is 0. The number of hydrogen-bond acceptors (Lipinski definition) is 3. The zero-order valence-corrected chi connectivity index (χ0v) is 10.9. The molecule has 4 heteroatoms. The van der Waals surface area contributed by atoms with E-state index >= 15 is 0 Å². The molecule has 2 rings (SSSR count). The van der Waals surface area contributed by atoms with Crippen molar-refractivity contribution in [2.45, 2.75) is 45.3 Å². The highest BCUT2D eigenvalue weighted by Gasteiger charge is 2.12. The standard InChI is InChI=1S/C13H23N3O/c1-11-12(10-15-16(11)2)9-14-7-6-13-5-3-4-8-17-13/h10,13-14H,3-9H2,1-2H3. The predicted molar refractivity (Wildman–Crippen MR) is 67.9 cm³/mol. The normalized spacial score (nSPS) is 20.7. The molecular formula is C13H23N3O. The van der Waals surface area contributed by atoms with Crippen molar-refractivity contribution < 1.29 is 4.74 Å². The van der Waals surface area contributed by atoms with Crippen LogP contribution in [0.5, 0.6) is 0 Å². The molecule has 1 aliphatic heterocycles. The molecule has 2 heterocycles. The van der Waals surface area contributed by atoms with Crippen LogP contribution in [0.3, 0.4) is 0 Å². The second-order valence-corrected chi connectivity index (χ2v) is 4.83. The van der Waals surface area contributed by atoms with E-state index in [2.05, 4.69) is 17.3 Å². The van der Waals surface area contributed by atoms with Gasteiger partial charge in [0.25, 0.3) is 0 Å². The largest absolute Gasteiger partial charge is 0.378 e. The SMILES string of the molecule is Cc1c(CNCCC2CCCCO2)cnn1C. The summed E-state index contributed by atoms with van der Waals surface area (Å²) in [6.07, 6.45) is 7.34. The van der Waals surface area contributed by atoms with Gasteiger partial charge in [0.1, 0.15) is 0 Å². The molecule has 17 heavy (non-hydrogen) atoms. The molecule has 1 N–H and O–H groups in total. The van der Waals surface area contributed by atoms with Crippen LogP contribution >= 0.6 is 0 Å². The van der Waals surface area contributed by atoms with Crippen LogP contribution in [-0.4, -0.2) is 29.0 Å². The quantitative estimate of drug-likeness (QED) is 0.793. The van der Waals surface area contributed by atoms with Gasteiger partial charge < -0.3 is 10.1 Å². The molecule has 0 bridgehead atoms. The van der Waals surface area contributed by atoms with Crippen molar-refractivity contribution in [1.82, 2.24) is 15.1 Å². The highest BCUT2D eigenvalue weighted by Crippen LogP contribution is 2.15. The average molecular weight is 237 g/mol. The summed E-state index contributed by atoms with van der Waals surface area (Å²) in [5.74, 6) is 0. The minimum Gasteiger partial charge on any atom is -0.378 e. The summed E-state index contributed by atoms with van der Waals surface area (Å²) in [5, 5.41) is 7.71. The van der Waals surface area contributed by atoms with E-state index in [9.17, 15) is 0 Å². The van der Waals surface area contributed by atoms with Gasteiger partial charge in [-0.1, -0.05) is 0 Å². The van der Waals surface area contributed by atoms with Crippen LogP contribution in [0, 0.1) is 6.92 Å². The van der Waals surface area contributed by atoms with Crippen LogP contribution in [0.15, 0.2) is 6.20 Å². The highest BCUT2D eigenvalue weighted by molar-refractivity contribution is 5.15. The van der Waals surface area contributed by atoms with Gasteiger partial charge in [-0.05, 0) is 39.2 Å². The molecule has 0 aliphatic carbocycles. The zero-order valence-electron chi connectivity index (χ0n) is 10.9. The lowest BCUT2D eigenvalue weighted by atomic mass is 10.1. The van der Waals surface area contributed by atoms with Gasteiger partial charge in [0, 0.05) is 31.5 Å². The average Bonchev–Trinajstić information content (AvgIpc) is 2.67. The first-order chi connectivity index (χ1) is 8.27. The number of rotatable bonds is 5. The van der Waals surface area contributed by atoms with Gasteiger partial charge in [0.15, 0.2) is 0 Å². The molecule has 1 atom stereocenters. The van der Waals surface area contributed by atoms with E-state index in [1.807, 2.05) is 17.9 Å². The Kier molecular flexibility index (Phi) is 4.57. The Hall–Kier alpha value is -0.870. The van der Waals surface area contributed by atoms with Gasteiger partial charge in [-0.2, -0.15) is 5.10 Å². The van der Waals surface area contributed by atoms with Crippen LogP contribution in [-0.2, 0) is 18.3 Å². The van der Waals surface area contributed by atoms with Crippen LogP contribution < -0.4 is 5.32 Å². The fraction of sp³-hybridized carbons (Fsp3) is 0.769. The molecule has 0 saturated carbocycles. The minimum atomic E-state index is 0.478. The molecule has 4 nitrogen and oxygen atoms in total. The summed E-state index contributed by atoms with van der Waals surface area (Å²) in [4.78, 5) is 0. The summed E-state index contributed by atoms with van der Waals surface area (Å²) in [7, 11) is 1.98. The fourth-order valence-corrected chi connectivity index (χ4v) is 2.24. The Labute approximate surface area is 103 Å². The third kappa shape index (κ3) is 3.54. The van der Waals surface area contributed by atoms with Crippen molar-refractivity contribution >= 4 is 0 Å². The fourth-order valence-electron chi connectivity index (χ4n) is 2.24. The number of aromatic nitrogens is 2. The molecule has 0 amide bonds. The van der Waals surface area contributed by atoms with E-state index in [0.29, 0.717) is 6.10 Å². The van der Waals surface area contributed by atoms with E-state index in [4.69, 9.17) is 4.74 Å². The Balaban J connectivity index is 1.64. The summed E-state index contributed by atoms with van der Waals surface area (Å²) in [6, 6.07) is 0. The topological polar surface area (TPSA) is 39.1 Å². The molecule has 0 aromatic carbocycles. The lowest BCUT2D eigenvalue weighted by molar-refractivity contribution is 0.0115. The van der Waals surface area contributed by atoms with Crippen molar-refractivity contribution in [1.29, 1.82) is 0 Å². The second kappa shape index (κ2) is 6.17. The van der Waals surface area contributed by atoms with E-state index < -0.39 is 0 Å². The zero-order chi connectivity index (χ0) is 12.1. The maximum Gasteiger partial charge on any atom is 0.0587 e. The lowest BCUT2D eigenvalue weighted by Gasteiger charge is -2.22. The number of nitrogens with one attached hydrogen (secondary N) is 1. The Morgan fingerprint density at radius 2 is 2.41 bits per heavy atom. The third-order valence-electron chi connectivity index (χ3n) is 3.57. The summed E-state index contributed by atoms with van der Waals surface area (Å²) < 4.78 is 7.62. The molecule has 96 valence electrons. The predicted octanol–water partition coefficient (Wildman–Crippen LogP) is 1.78. The first-order valence-corrected chi connectivity index (χ1v) is 6.57. The van der Waals surface area contributed by atoms with Crippen molar-refractivity contribution in [3.63, 3.8) is 0 Å².